The van der Waals surface area contributed by atoms with E-state index in [-0.39, 0.29) is 12.3 Å². The number of aromatic amines is 1. The second-order valence-corrected chi connectivity index (χ2v) is 5.18. The van der Waals surface area contributed by atoms with Crippen molar-refractivity contribution in [3.63, 3.8) is 0 Å². The van der Waals surface area contributed by atoms with E-state index in [1.807, 2.05) is 6.07 Å². The number of carbonyl (C=O) groups excluding carboxylic acids is 1. The van der Waals surface area contributed by atoms with E-state index < -0.39 is 12.0 Å². The molecular formula is C14H13BrN2O3. The fraction of sp³-hybridized carbons (Fsp3) is 0.143. The summed E-state index contributed by atoms with van der Waals surface area (Å²) < 4.78 is 0.833. The Labute approximate surface area is 124 Å². The largest absolute Gasteiger partial charge is 0.481 e. The zero-order valence-corrected chi connectivity index (χ0v) is 12.1. The van der Waals surface area contributed by atoms with E-state index in [9.17, 15) is 9.59 Å². The molecule has 0 spiro atoms. The van der Waals surface area contributed by atoms with E-state index in [1.165, 1.54) is 0 Å². The molecule has 1 heterocycles. The minimum atomic E-state index is -0.971. The lowest BCUT2D eigenvalue weighted by Crippen LogP contribution is -2.30. The molecule has 1 amide bonds. The molecule has 104 valence electrons. The van der Waals surface area contributed by atoms with Crippen molar-refractivity contribution in [2.24, 2.45) is 0 Å². The number of nitrogens with one attached hydrogen (secondary N) is 2. The maximum absolute atomic E-state index is 12.0. The minimum Gasteiger partial charge on any atom is -0.481 e. The van der Waals surface area contributed by atoms with Gasteiger partial charge in [-0.3, -0.25) is 9.59 Å². The molecule has 0 saturated heterocycles. The highest BCUT2D eigenvalue weighted by Crippen LogP contribution is 2.21. The number of carbonyl (C=O) groups is 2. The second kappa shape index (κ2) is 6.38. The summed E-state index contributed by atoms with van der Waals surface area (Å²) in [6, 6.07) is 9.98. The van der Waals surface area contributed by atoms with Crippen LogP contribution in [0.5, 0.6) is 0 Å². The van der Waals surface area contributed by atoms with Crippen molar-refractivity contribution in [2.45, 2.75) is 12.5 Å². The first kappa shape index (κ1) is 14.3. The molecule has 2 aromatic rings. The number of rotatable bonds is 5. The molecule has 0 aliphatic rings. The topological polar surface area (TPSA) is 82.2 Å². The Bertz CT molecular complexity index is 611. The zero-order chi connectivity index (χ0) is 14.5. The SMILES string of the molecule is O=C(O)CC(NC(=O)c1ccc[nH]1)c1cccc(Br)c1. The lowest BCUT2D eigenvalue weighted by Gasteiger charge is -2.17. The monoisotopic (exact) mass is 336 g/mol. The number of benzene rings is 1. The van der Waals surface area contributed by atoms with Crippen LogP contribution in [0, 0.1) is 0 Å². The van der Waals surface area contributed by atoms with Crippen LogP contribution in [0.25, 0.3) is 0 Å². The Morgan fingerprint density at radius 2 is 2.10 bits per heavy atom. The number of halogens is 1. The van der Waals surface area contributed by atoms with E-state index >= 15 is 0 Å². The van der Waals surface area contributed by atoms with Gasteiger partial charge >= 0.3 is 5.97 Å². The summed E-state index contributed by atoms with van der Waals surface area (Å²) in [6.45, 7) is 0. The molecule has 0 aliphatic heterocycles. The van der Waals surface area contributed by atoms with Crippen molar-refractivity contribution in [3.05, 3.63) is 58.3 Å². The molecule has 2 rings (SSSR count). The van der Waals surface area contributed by atoms with Crippen molar-refractivity contribution in [3.8, 4) is 0 Å². The van der Waals surface area contributed by atoms with E-state index in [2.05, 4.69) is 26.2 Å². The second-order valence-electron chi connectivity index (χ2n) is 4.26. The fourth-order valence-electron chi connectivity index (χ4n) is 1.86. The van der Waals surface area contributed by atoms with Gasteiger partial charge in [-0.05, 0) is 29.8 Å². The number of aromatic nitrogens is 1. The van der Waals surface area contributed by atoms with Crippen LogP contribution < -0.4 is 5.32 Å². The van der Waals surface area contributed by atoms with Crippen molar-refractivity contribution in [1.82, 2.24) is 10.3 Å². The molecule has 0 radical (unpaired) electrons. The quantitative estimate of drug-likeness (QED) is 0.785. The molecule has 1 aromatic carbocycles. The highest BCUT2D eigenvalue weighted by atomic mass is 79.9. The number of hydrogen-bond donors (Lipinski definition) is 3. The van der Waals surface area contributed by atoms with Gasteiger partial charge in [-0.15, -0.1) is 0 Å². The van der Waals surface area contributed by atoms with E-state index in [0.717, 1.165) is 10.0 Å². The molecule has 0 fully saturated rings. The Hall–Kier alpha value is -2.08. The highest BCUT2D eigenvalue weighted by molar-refractivity contribution is 9.10. The van der Waals surface area contributed by atoms with Gasteiger partial charge in [0.25, 0.3) is 5.91 Å². The summed E-state index contributed by atoms with van der Waals surface area (Å²) in [5.41, 5.74) is 1.14. The van der Waals surface area contributed by atoms with Gasteiger partial charge in [0.15, 0.2) is 0 Å². The molecule has 5 nitrogen and oxygen atoms in total. The average molecular weight is 337 g/mol. The van der Waals surface area contributed by atoms with Crippen LogP contribution in [-0.4, -0.2) is 22.0 Å². The molecule has 20 heavy (non-hydrogen) atoms. The van der Waals surface area contributed by atoms with Crippen LogP contribution in [0.4, 0.5) is 0 Å². The fourth-order valence-corrected chi connectivity index (χ4v) is 2.27. The Morgan fingerprint density at radius 3 is 2.70 bits per heavy atom. The summed E-state index contributed by atoms with van der Waals surface area (Å²) >= 11 is 3.34. The van der Waals surface area contributed by atoms with Gasteiger partial charge in [0.2, 0.25) is 0 Å². The molecule has 1 aromatic heterocycles. The molecule has 0 aliphatic carbocycles. The normalized spacial score (nSPS) is 11.8. The van der Waals surface area contributed by atoms with Crippen molar-refractivity contribution in [1.29, 1.82) is 0 Å². The van der Waals surface area contributed by atoms with E-state index in [4.69, 9.17) is 5.11 Å². The number of amides is 1. The third-order valence-corrected chi connectivity index (χ3v) is 3.27. The number of hydrogen-bond acceptors (Lipinski definition) is 2. The van der Waals surface area contributed by atoms with E-state index in [0.29, 0.717) is 5.69 Å². The molecule has 6 heteroatoms. The number of aliphatic carboxylic acids is 1. The van der Waals surface area contributed by atoms with Gasteiger partial charge in [0.05, 0.1) is 12.5 Å². The number of carboxylic acids is 1. The number of carboxylic acid groups (broad SMARTS) is 1. The van der Waals surface area contributed by atoms with Crippen LogP contribution in [0.1, 0.15) is 28.5 Å². The lowest BCUT2D eigenvalue weighted by molar-refractivity contribution is -0.137. The molecule has 3 N–H and O–H groups in total. The van der Waals surface area contributed by atoms with Gasteiger partial charge < -0.3 is 15.4 Å². The van der Waals surface area contributed by atoms with Gasteiger partial charge in [-0.1, -0.05) is 28.1 Å². The maximum Gasteiger partial charge on any atom is 0.305 e. The van der Waals surface area contributed by atoms with Crippen LogP contribution >= 0.6 is 15.9 Å². The standard InChI is InChI=1S/C14H13BrN2O3/c15-10-4-1-3-9(7-10)12(8-13(18)19)17-14(20)11-5-2-6-16-11/h1-7,12,16H,8H2,(H,17,20)(H,18,19). The molecule has 0 bridgehead atoms. The average Bonchev–Trinajstić information content (AvgIpc) is 2.91. The molecule has 1 atom stereocenters. The third-order valence-electron chi connectivity index (χ3n) is 2.78. The summed E-state index contributed by atoms with van der Waals surface area (Å²) in [5.74, 6) is -1.30. The number of H-pyrrole nitrogens is 1. The Balaban J connectivity index is 2.20. The predicted molar refractivity (Wildman–Crippen MR) is 77.4 cm³/mol. The maximum atomic E-state index is 12.0. The van der Waals surface area contributed by atoms with Gasteiger partial charge in [0, 0.05) is 10.7 Å². The Morgan fingerprint density at radius 1 is 1.30 bits per heavy atom. The zero-order valence-electron chi connectivity index (χ0n) is 10.5. The van der Waals surface area contributed by atoms with Crippen molar-refractivity contribution < 1.29 is 14.7 Å². The van der Waals surface area contributed by atoms with Gasteiger partial charge in [0.1, 0.15) is 5.69 Å². The first-order valence-corrected chi connectivity index (χ1v) is 6.77. The molecule has 1 unspecified atom stereocenters. The minimum absolute atomic E-state index is 0.178. The summed E-state index contributed by atoms with van der Waals surface area (Å²) in [6.07, 6.45) is 1.46. The predicted octanol–water partition coefficient (Wildman–Crippen LogP) is 2.72. The molecular weight excluding hydrogens is 324 g/mol. The summed E-state index contributed by atoms with van der Waals surface area (Å²) in [7, 11) is 0. The smallest absolute Gasteiger partial charge is 0.305 e. The summed E-state index contributed by atoms with van der Waals surface area (Å²) in [5, 5.41) is 11.7. The van der Waals surface area contributed by atoms with E-state index in [1.54, 1.807) is 36.5 Å². The van der Waals surface area contributed by atoms with Crippen LogP contribution in [0.15, 0.2) is 47.1 Å². The third kappa shape index (κ3) is 3.71. The lowest BCUT2D eigenvalue weighted by atomic mass is 10.0. The van der Waals surface area contributed by atoms with Crippen LogP contribution in [0.2, 0.25) is 0 Å². The van der Waals surface area contributed by atoms with Crippen molar-refractivity contribution in [2.75, 3.05) is 0 Å². The van der Waals surface area contributed by atoms with Crippen molar-refractivity contribution >= 4 is 27.8 Å². The van der Waals surface area contributed by atoms with Gasteiger partial charge in [-0.25, -0.2) is 0 Å². The highest BCUT2D eigenvalue weighted by Gasteiger charge is 2.19. The van der Waals surface area contributed by atoms with Crippen LogP contribution in [-0.2, 0) is 4.79 Å². The molecule has 0 saturated carbocycles. The first-order chi connectivity index (χ1) is 9.56. The van der Waals surface area contributed by atoms with Crippen LogP contribution in [0.3, 0.4) is 0 Å². The van der Waals surface area contributed by atoms with Gasteiger partial charge in [-0.2, -0.15) is 0 Å². The first-order valence-electron chi connectivity index (χ1n) is 5.98. The Kier molecular flexibility index (Phi) is 4.57. The summed E-state index contributed by atoms with van der Waals surface area (Å²) in [4.78, 5) is 25.8.